The molecule has 7 N–H and O–H groups in total. The standard InChI is InChI=1S/C20H24F2N10/c1-30-11-13(10-28-30)12-8-14(19(23)27-9-12)20(29-24)32(25)16-3-2-15(17(21)18(16)22)31-6-4-26-5-7-31/h2-3,8-11,26H,4-7,24-25H2,1H3,(H2,23,27)/b29-20-. The van der Waals surface area contributed by atoms with Crippen molar-refractivity contribution in [2.45, 2.75) is 0 Å². The first-order valence-electron chi connectivity index (χ1n) is 9.92. The molecular weight excluding hydrogens is 418 g/mol. The second-order valence-electron chi connectivity index (χ2n) is 7.35. The SMILES string of the molecule is Cn1cc(-c2cnc(N)c(/C(=N/N)N(N)c3ccc(N4CCNCC4)c(F)c3F)c2)cn1. The molecule has 4 rings (SSSR count). The van der Waals surface area contributed by atoms with Crippen molar-refractivity contribution in [2.24, 2.45) is 23.8 Å². The van der Waals surface area contributed by atoms with E-state index < -0.39 is 11.6 Å². The average molecular weight is 442 g/mol. The molecule has 3 heterocycles. The Bertz CT molecular complexity index is 1150. The van der Waals surface area contributed by atoms with Gasteiger partial charge in [-0.1, -0.05) is 0 Å². The summed E-state index contributed by atoms with van der Waals surface area (Å²) in [6.45, 7) is 2.52. The Morgan fingerprint density at radius 3 is 2.56 bits per heavy atom. The van der Waals surface area contributed by atoms with E-state index >= 15 is 4.39 Å². The summed E-state index contributed by atoms with van der Waals surface area (Å²) in [5, 5.41) is 11.9. The van der Waals surface area contributed by atoms with Crippen LogP contribution in [0.25, 0.3) is 11.1 Å². The van der Waals surface area contributed by atoms with Gasteiger partial charge in [-0.25, -0.2) is 19.6 Å². The maximum Gasteiger partial charge on any atom is 0.186 e. The molecule has 1 aliphatic rings. The van der Waals surface area contributed by atoms with Gasteiger partial charge in [0.15, 0.2) is 17.5 Å². The number of aromatic nitrogens is 3. The van der Waals surface area contributed by atoms with Gasteiger partial charge in [-0.3, -0.25) is 9.69 Å². The summed E-state index contributed by atoms with van der Waals surface area (Å²) in [6.07, 6.45) is 5.01. The van der Waals surface area contributed by atoms with Crippen molar-refractivity contribution >= 4 is 23.0 Å². The van der Waals surface area contributed by atoms with E-state index in [0.29, 0.717) is 31.7 Å². The number of halogens is 2. The highest BCUT2D eigenvalue weighted by atomic mass is 19.2. The van der Waals surface area contributed by atoms with Crippen LogP contribution in [0.4, 0.5) is 26.0 Å². The minimum absolute atomic E-state index is 0.0750. The maximum atomic E-state index is 15.0. The van der Waals surface area contributed by atoms with E-state index in [-0.39, 0.29) is 28.6 Å². The van der Waals surface area contributed by atoms with Crippen molar-refractivity contribution in [3.63, 3.8) is 0 Å². The average Bonchev–Trinajstić information content (AvgIpc) is 3.24. The smallest absolute Gasteiger partial charge is 0.186 e. The van der Waals surface area contributed by atoms with E-state index in [1.807, 2.05) is 0 Å². The second-order valence-corrected chi connectivity index (χ2v) is 7.35. The fourth-order valence-electron chi connectivity index (χ4n) is 3.62. The number of nitrogen functional groups attached to an aromatic ring is 1. The number of hydrogen-bond donors (Lipinski definition) is 4. The molecule has 0 bridgehead atoms. The lowest BCUT2D eigenvalue weighted by atomic mass is 10.1. The first kappa shape index (κ1) is 21.5. The van der Waals surface area contributed by atoms with Crippen molar-refractivity contribution in [3.8, 4) is 11.1 Å². The topological polar surface area (TPSA) is 140 Å². The summed E-state index contributed by atoms with van der Waals surface area (Å²) in [5.41, 5.74) is 7.68. The molecule has 1 aliphatic heterocycles. The van der Waals surface area contributed by atoms with Crippen LogP contribution in [0.15, 0.2) is 41.9 Å². The van der Waals surface area contributed by atoms with Crippen LogP contribution in [0, 0.1) is 11.6 Å². The number of nitrogens with one attached hydrogen (secondary N) is 1. The zero-order valence-corrected chi connectivity index (χ0v) is 17.5. The molecule has 1 aromatic carbocycles. The third kappa shape index (κ3) is 3.92. The third-order valence-corrected chi connectivity index (χ3v) is 5.31. The number of hydrazine groups is 1. The van der Waals surface area contributed by atoms with Crippen LogP contribution in [0.1, 0.15) is 5.56 Å². The highest BCUT2D eigenvalue weighted by Crippen LogP contribution is 2.30. The first-order chi connectivity index (χ1) is 15.4. The summed E-state index contributed by atoms with van der Waals surface area (Å²) >= 11 is 0. The minimum Gasteiger partial charge on any atom is -0.383 e. The highest BCUT2D eigenvalue weighted by Gasteiger charge is 2.25. The first-order valence-corrected chi connectivity index (χ1v) is 9.92. The molecular formula is C20H24F2N10. The predicted molar refractivity (Wildman–Crippen MR) is 120 cm³/mol. The fourth-order valence-corrected chi connectivity index (χ4v) is 3.62. The van der Waals surface area contributed by atoms with Crippen molar-refractivity contribution in [1.29, 1.82) is 0 Å². The van der Waals surface area contributed by atoms with Gasteiger partial charge < -0.3 is 21.8 Å². The second kappa shape index (κ2) is 8.77. The lowest BCUT2D eigenvalue weighted by Gasteiger charge is -2.30. The van der Waals surface area contributed by atoms with Crippen molar-refractivity contribution < 1.29 is 8.78 Å². The number of hydrazone groups is 1. The summed E-state index contributed by atoms with van der Waals surface area (Å²) < 4.78 is 31.6. The van der Waals surface area contributed by atoms with Gasteiger partial charge in [0, 0.05) is 56.7 Å². The molecule has 32 heavy (non-hydrogen) atoms. The van der Waals surface area contributed by atoms with Gasteiger partial charge in [0.25, 0.3) is 0 Å². The zero-order chi connectivity index (χ0) is 22.8. The van der Waals surface area contributed by atoms with Gasteiger partial charge in [0.1, 0.15) is 5.82 Å². The number of piperazine rings is 1. The van der Waals surface area contributed by atoms with Crippen LogP contribution in [-0.4, -0.2) is 46.8 Å². The van der Waals surface area contributed by atoms with Gasteiger partial charge in [-0.05, 0) is 18.2 Å². The molecule has 1 fully saturated rings. The van der Waals surface area contributed by atoms with E-state index in [2.05, 4.69) is 20.5 Å². The predicted octanol–water partition coefficient (Wildman–Crippen LogP) is 0.753. The molecule has 2 aromatic heterocycles. The summed E-state index contributed by atoms with van der Waals surface area (Å²) in [5.74, 6) is 9.61. The number of amidine groups is 1. The van der Waals surface area contributed by atoms with Gasteiger partial charge in [0.2, 0.25) is 0 Å². The van der Waals surface area contributed by atoms with Gasteiger partial charge >= 0.3 is 0 Å². The van der Waals surface area contributed by atoms with E-state index in [9.17, 15) is 4.39 Å². The van der Waals surface area contributed by atoms with Crippen molar-refractivity contribution in [3.05, 3.63) is 54.0 Å². The summed E-state index contributed by atoms with van der Waals surface area (Å²) in [7, 11) is 1.78. The Morgan fingerprint density at radius 1 is 1.16 bits per heavy atom. The molecule has 3 aromatic rings. The van der Waals surface area contributed by atoms with Crippen LogP contribution >= 0.6 is 0 Å². The third-order valence-electron chi connectivity index (χ3n) is 5.31. The molecule has 0 unspecified atom stereocenters. The van der Waals surface area contributed by atoms with Gasteiger partial charge in [0.05, 0.1) is 23.1 Å². The van der Waals surface area contributed by atoms with Crippen LogP contribution in [0.2, 0.25) is 0 Å². The monoisotopic (exact) mass is 442 g/mol. The Balaban J connectivity index is 1.69. The highest BCUT2D eigenvalue weighted by molar-refractivity contribution is 6.12. The zero-order valence-electron chi connectivity index (χ0n) is 17.5. The van der Waals surface area contributed by atoms with Crippen molar-refractivity contribution in [1.82, 2.24) is 20.1 Å². The van der Waals surface area contributed by atoms with E-state index in [1.54, 1.807) is 41.3 Å². The molecule has 0 saturated carbocycles. The summed E-state index contributed by atoms with van der Waals surface area (Å²) in [4.78, 5) is 5.94. The van der Waals surface area contributed by atoms with Crippen molar-refractivity contribution in [2.75, 3.05) is 41.8 Å². The van der Waals surface area contributed by atoms with E-state index in [0.717, 1.165) is 10.6 Å². The molecule has 0 radical (unpaired) electrons. The van der Waals surface area contributed by atoms with E-state index in [4.69, 9.17) is 17.4 Å². The molecule has 168 valence electrons. The molecule has 10 nitrogen and oxygen atoms in total. The number of nitrogens with two attached hydrogens (primary N) is 3. The Kier molecular flexibility index (Phi) is 5.88. The van der Waals surface area contributed by atoms with Crippen LogP contribution < -0.4 is 32.6 Å². The number of benzene rings is 1. The number of rotatable bonds is 4. The summed E-state index contributed by atoms with van der Waals surface area (Å²) in [6, 6.07) is 4.53. The van der Waals surface area contributed by atoms with Crippen LogP contribution in [0.5, 0.6) is 0 Å². The quantitative estimate of drug-likeness (QED) is 0.201. The number of aryl methyl sites for hydroxylation is 1. The number of hydrogen-bond acceptors (Lipinski definition) is 8. The molecule has 0 aliphatic carbocycles. The molecule has 0 amide bonds. The fraction of sp³-hybridized carbons (Fsp3) is 0.250. The van der Waals surface area contributed by atoms with Gasteiger partial charge in [-0.15, -0.1) is 0 Å². The largest absolute Gasteiger partial charge is 0.383 e. The molecule has 12 heteroatoms. The number of nitrogens with zero attached hydrogens (tertiary/aromatic N) is 6. The molecule has 1 saturated heterocycles. The number of pyridine rings is 1. The minimum atomic E-state index is -1.11. The number of anilines is 3. The Hall–Kier alpha value is -3.77. The Labute approximate surface area is 183 Å². The van der Waals surface area contributed by atoms with Gasteiger partial charge in [-0.2, -0.15) is 10.2 Å². The van der Waals surface area contributed by atoms with Crippen LogP contribution in [0.3, 0.4) is 0 Å². The Morgan fingerprint density at radius 2 is 1.91 bits per heavy atom. The molecule has 0 spiro atoms. The lowest BCUT2D eigenvalue weighted by molar-refractivity contribution is 0.500. The van der Waals surface area contributed by atoms with E-state index in [1.165, 1.54) is 12.1 Å². The molecule has 0 atom stereocenters. The van der Waals surface area contributed by atoms with Crippen LogP contribution in [-0.2, 0) is 7.05 Å². The lowest BCUT2D eigenvalue weighted by Crippen LogP contribution is -2.44. The normalized spacial score (nSPS) is 14.6. The maximum absolute atomic E-state index is 15.0.